The standard InChI is InChI=1S/C17H22N2O4/c1-4-19(5-2)12-7-6-11-8-13(16(21)15(18)10(3)20)17(22)23-14(11)9-12/h6-10,15,20H,4-5,18H2,1-3H3/t10-,15+/m1/s1. The van der Waals surface area contributed by atoms with Gasteiger partial charge in [0.25, 0.3) is 0 Å². The van der Waals surface area contributed by atoms with Gasteiger partial charge in [0, 0.05) is 30.2 Å². The number of rotatable bonds is 6. The first-order chi connectivity index (χ1) is 10.9. The lowest BCUT2D eigenvalue weighted by Crippen LogP contribution is -2.41. The fourth-order valence-corrected chi connectivity index (χ4v) is 2.46. The van der Waals surface area contributed by atoms with E-state index >= 15 is 0 Å². The smallest absolute Gasteiger partial charge is 0.347 e. The third kappa shape index (κ3) is 3.43. The molecule has 0 aliphatic carbocycles. The Morgan fingerprint density at radius 1 is 1.30 bits per heavy atom. The van der Waals surface area contributed by atoms with Gasteiger partial charge < -0.3 is 20.2 Å². The van der Waals surface area contributed by atoms with Gasteiger partial charge >= 0.3 is 5.63 Å². The number of aliphatic hydroxyl groups is 1. The first-order valence-electron chi connectivity index (χ1n) is 7.69. The number of nitrogens with zero attached hydrogens (tertiary/aromatic N) is 1. The number of aliphatic hydroxyl groups excluding tert-OH is 1. The molecule has 0 radical (unpaired) electrons. The Morgan fingerprint density at radius 3 is 2.52 bits per heavy atom. The molecule has 6 nitrogen and oxygen atoms in total. The van der Waals surface area contributed by atoms with Gasteiger partial charge in [-0.1, -0.05) is 0 Å². The molecule has 0 aliphatic heterocycles. The van der Waals surface area contributed by atoms with E-state index in [0.717, 1.165) is 18.8 Å². The van der Waals surface area contributed by atoms with Crippen molar-refractivity contribution in [3.05, 3.63) is 40.2 Å². The molecule has 1 aromatic heterocycles. The summed E-state index contributed by atoms with van der Waals surface area (Å²) in [6.45, 7) is 7.17. The summed E-state index contributed by atoms with van der Waals surface area (Å²) in [4.78, 5) is 26.4. The number of fused-ring (bicyclic) bond motifs is 1. The maximum atomic E-state index is 12.2. The fraction of sp³-hybridized carbons (Fsp3) is 0.412. The molecule has 1 heterocycles. The van der Waals surface area contributed by atoms with Crippen LogP contribution >= 0.6 is 0 Å². The predicted octanol–water partition coefficient (Wildman–Crippen LogP) is 1.53. The zero-order valence-corrected chi connectivity index (χ0v) is 13.6. The normalized spacial score (nSPS) is 13.8. The highest BCUT2D eigenvalue weighted by Crippen LogP contribution is 2.22. The number of ketones is 1. The summed E-state index contributed by atoms with van der Waals surface area (Å²) in [5.41, 5.74) is 6.11. The molecule has 0 saturated heterocycles. The summed E-state index contributed by atoms with van der Waals surface area (Å²) in [5, 5.41) is 10.1. The molecule has 0 aliphatic rings. The van der Waals surface area contributed by atoms with Crippen LogP contribution in [0.15, 0.2) is 33.5 Å². The van der Waals surface area contributed by atoms with Crippen LogP contribution in [0, 0.1) is 0 Å². The first kappa shape index (κ1) is 17.2. The molecule has 0 unspecified atom stereocenters. The molecule has 6 heteroatoms. The van der Waals surface area contributed by atoms with Crippen molar-refractivity contribution in [2.75, 3.05) is 18.0 Å². The highest BCUT2D eigenvalue weighted by molar-refractivity contribution is 6.02. The molecule has 2 atom stereocenters. The van der Waals surface area contributed by atoms with Crippen molar-refractivity contribution in [2.24, 2.45) is 5.73 Å². The molecule has 1 aromatic carbocycles. The minimum atomic E-state index is -1.15. The number of carbonyl (C=O) groups excluding carboxylic acids is 1. The Balaban J connectivity index is 2.49. The van der Waals surface area contributed by atoms with Gasteiger partial charge in [-0.05, 0) is 39.0 Å². The van der Waals surface area contributed by atoms with Crippen LogP contribution in [0.1, 0.15) is 31.1 Å². The SMILES string of the molecule is CCN(CC)c1ccc2cc(C(=O)[C@@H](N)[C@@H](C)O)c(=O)oc2c1. The number of carbonyl (C=O) groups is 1. The van der Waals surface area contributed by atoms with Gasteiger partial charge in [-0.2, -0.15) is 0 Å². The average molecular weight is 318 g/mol. The largest absolute Gasteiger partial charge is 0.422 e. The minimum Gasteiger partial charge on any atom is -0.422 e. The van der Waals surface area contributed by atoms with E-state index in [-0.39, 0.29) is 5.56 Å². The Labute approximate surface area is 134 Å². The summed E-state index contributed by atoms with van der Waals surface area (Å²) in [6, 6.07) is 5.82. The van der Waals surface area contributed by atoms with Crippen LogP contribution in [0.5, 0.6) is 0 Å². The maximum Gasteiger partial charge on any atom is 0.347 e. The zero-order chi connectivity index (χ0) is 17.1. The van der Waals surface area contributed by atoms with Crippen molar-refractivity contribution in [3.8, 4) is 0 Å². The number of anilines is 1. The molecule has 0 saturated carbocycles. The average Bonchev–Trinajstić information content (AvgIpc) is 2.53. The van der Waals surface area contributed by atoms with Gasteiger partial charge in [-0.25, -0.2) is 4.79 Å². The molecular weight excluding hydrogens is 296 g/mol. The molecular formula is C17H22N2O4. The van der Waals surface area contributed by atoms with Crippen LogP contribution in [-0.2, 0) is 0 Å². The molecule has 0 bridgehead atoms. The predicted molar refractivity (Wildman–Crippen MR) is 90.0 cm³/mol. The lowest BCUT2D eigenvalue weighted by Gasteiger charge is -2.21. The van der Waals surface area contributed by atoms with E-state index in [4.69, 9.17) is 10.2 Å². The van der Waals surface area contributed by atoms with Crippen molar-refractivity contribution < 1.29 is 14.3 Å². The van der Waals surface area contributed by atoms with Crippen LogP contribution in [0.4, 0.5) is 5.69 Å². The third-order valence-corrected chi connectivity index (χ3v) is 3.94. The van der Waals surface area contributed by atoms with Crippen molar-refractivity contribution in [1.82, 2.24) is 0 Å². The van der Waals surface area contributed by atoms with Crippen molar-refractivity contribution in [3.63, 3.8) is 0 Å². The van der Waals surface area contributed by atoms with Gasteiger partial charge in [0.05, 0.1) is 12.1 Å². The van der Waals surface area contributed by atoms with Gasteiger partial charge in [-0.3, -0.25) is 4.79 Å². The lowest BCUT2D eigenvalue weighted by molar-refractivity contribution is 0.0844. The van der Waals surface area contributed by atoms with Crippen LogP contribution in [0.25, 0.3) is 11.0 Å². The van der Waals surface area contributed by atoms with E-state index in [1.807, 2.05) is 19.9 Å². The Bertz CT molecular complexity index is 763. The highest BCUT2D eigenvalue weighted by Gasteiger charge is 2.24. The van der Waals surface area contributed by atoms with E-state index in [2.05, 4.69) is 4.90 Å². The van der Waals surface area contributed by atoms with Crippen molar-refractivity contribution in [2.45, 2.75) is 32.9 Å². The second-order valence-electron chi connectivity index (χ2n) is 5.47. The van der Waals surface area contributed by atoms with Crippen molar-refractivity contribution in [1.29, 1.82) is 0 Å². The first-order valence-corrected chi connectivity index (χ1v) is 7.69. The Morgan fingerprint density at radius 2 is 1.96 bits per heavy atom. The van der Waals surface area contributed by atoms with Crippen LogP contribution < -0.4 is 16.3 Å². The number of Topliss-reactive ketones (excluding diaryl/α,β-unsaturated/α-hetero) is 1. The monoisotopic (exact) mass is 318 g/mol. The van der Waals surface area contributed by atoms with E-state index in [9.17, 15) is 14.7 Å². The zero-order valence-electron chi connectivity index (χ0n) is 13.6. The summed E-state index contributed by atoms with van der Waals surface area (Å²) in [7, 11) is 0. The third-order valence-electron chi connectivity index (χ3n) is 3.94. The molecule has 3 N–H and O–H groups in total. The maximum absolute atomic E-state index is 12.2. The van der Waals surface area contributed by atoms with E-state index < -0.39 is 23.6 Å². The van der Waals surface area contributed by atoms with Crippen molar-refractivity contribution >= 4 is 22.4 Å². The molecule has 124 valence electrons. The Hall–Kier alpha value is -2.18. The van der Waals surface area contributed by atoms with E-state index in [1.165, 1.54) is 13.0 Å². The second-order valence-corrected chi connectivity index (χ2v) is 5.47. The molecule has 2 aromatic rings. The van der Waals surface area contributed by atoms with E-state index in [1.54, 1.807) is 12.1 Å². The summed E-state index contributed by atoms with van der Waals surface area (Å²) in [5.74, 6) is -0.622. The fourth-order valence-electron chi connectivity index (χ4n) is 2.46. The molecule has 2 rings (SSSR count). The van der Waals surface area contributed by atoms with Gasteiger partial charge in [0.2, 0.25) is 0 Å². The van der Waals surface area contributed by atoms with Gasteiger partial charge in [0.1, 0.15) is 11.1 Å². The molecule has 0 spiro atoms. The number of nitrogens with two attached hydrogens (primary N) is 1. The highest BCUT2D eigenvalue weighted by atomic mass is 16.4. The van der Waals surface area contributed by atoms with Gasteiger partial charge in [-0.15, -0.1) is 0 Å². The number of benzene rings is 1. The van der Waals surface area contributed by atoms with E-state index in [0.29, 0.717) is 11.0 Å². The molecule has 0 amide bonds. The topological polar surface area (TPSA) is 96.8 Å². The summed E-state index contributed by atoms with van der Waals surface area (Å²) in [6.07, 6.45) is -1.04. The number of hydrogen-bond donors (Lipinski definition) is 2. The summed E-state index contributed by atoms with van der Waals surface area (Å²) < 4.78 is 5.28. The molecule has 23 heavy (non-hydrogen) atoms. The van der Waals surface area contributed by atoms with Gasteiger partial charge in [0.15, 0.2) is 5.78 Å². The van der Waals surface area contributed by atoms with Crippen LogP contribution in [0.2, 0.25) is 0 Å². The quantitative estimate of drug-likeness (QED) is 0.619. The molecule has 0 fully saturated rings. The lowest BCUT2D eigenvalue weighted by atomic mass is 10.0. The number of hydrogen-bond acceptors (Lipinski definition) is 6. The summed E-state index contributed by atoms with van der Waals surface area (Å²) >= 11 is 0. The van der Waals surface area contributed by atoms with Crippen LogP contribution in [0.3, 0.4) is 0 Å². The minimum absolute atomic E-state index is 0.138. The Kier molecular flexibility index (Phi) is 5.18. The van der Waals surface area contributed by atoms with Crippen LogP contribution in [-0.4, -0.2) is 36.1 Å². The second kappa shape index (κ2) is 6.93.